The van der Waals surface area contributed by atoms with Gasteiger partial charge in [-0.25, -0.2) is 0 Å². The highest BCUT2D eigenvalue weighted by atomic mass is 16.5. The monoisotopic (exact) mass is 144 g/mol. The van der Waals surface area contributed by atoms with Crippen LogP contribution in [0.5, 0.6) is 0 Å². The van der Waals surface area contributed by atoms with E-state index in [0.717, 1.165) is 18.8 Å². The molecule has 0 bridgehead atoms. The van der Waals surface area contributed by atoms with Crippen molar-refractivity contribution in [2.75, 3.05) is 6.61 Å². The Morgan fingerprint density at radius 2 is 1.91 bits per heavy atom. The fraction of sp³-hybridized carbons (Fsp3) is 0.200. The molecule has 54 valence electrons. The number of hydrogen-bond donors (Lipinski definition) is 0. The summed E-state index contributed by atoms with van der Waals surface area (Å²) in [4.78, 5) is 0. The van der Waals surface area contributed by atoms with E-state index < -0.39 is 0 Å². The van der Waals surface area contributed by atoms with Crippen molar-refractivity contribution in [2.45, 2.75) is 6.42 Å². The van der Waals surface area contributed by atoms with Gasteiger partial charge < -0.3 is 4.74 Å². The van der Waals surface area contributed by atoms with Crippen LogP contribution >= 0.6 is 0 Å². The summed E-state index contributed by atoms with van der Waals surface area (Å²) in [6.07, 6.45) is 1.10. The third kappa shape index (κ3) is 0.519. The first-order valence-corrected chi connectivity index (χ1v) is 3.92. The summed E-state index contributed by atoms with van der Waals surface area (Å²) in [6.45, 7) is 0.874. The smallest absolute Gasteiger partial charge is 0.131 e. The van der Waals surface area contributed by atoms with Crippen molar-refractivity contribution in [3.05, 3.63) is 35.4 Å². The molecule has 1 heteroatoms. The van der Waals surface area contributed by atoms with E-state index in [-0.39, 0.29) is 0 Å². The molecule has 0 saturated carbocycles. The Morgan fingerprint density at radius 3 is 2.82 bits per heavy atom. The highest BCUT2D eigenvalue weighted by Gasteiger charge is 2.30. The van der Waals surface area contributed by atoms with Gasteiger partial charge in [0.15, 0.2) is 0 Å². The molecular weight excluding hydrogens is 136 g/mol. The second-order valence-electron chi connectivity index (χ2n) is 2.95. The summed E-state index contributed by atoms with van der Waals surface area (Å²) < 4.78 is 5.46. The van der Waals surface area contributed by atoms with Crippen LogP contribution in [0.3, 0.4) is 0 Å². The van der Waals surface area contributed by atoms with Gasteiger partial charge in [0.1, 0.15) is 5.76 Å². The van der Waals surface area contributed by atoms with Gasteiger partial charge in [-0.2, -0.15) is 0 Å². The van der Waals surface area contributed by atoms with Crippen LogP contribution in [0.4, 0.5) is 0 Å². The number of benzene rings is 1. The summed E-state index contributed by atoms with van der Waals surface area (Å²) in [5.41, 5.74) is 4.14. The van der Waals surface area contributed by atoms with E-state index in [0.29, 0.717) is 0 Å². The van der Waals surface area contributed by atoms with Crippen molar-refractivity contribution in [3.8, 4) is 0 Å². The van der Waals surface area contributed by atoms with Crippen molar-refractivity contribution in [3.63, 3.8) is 0 Å². The van der Waals surface area contributed by atoms with E-state index >= 15 is 0 Å². The van der Waals surface area contributed by atoms with Crippen molar-refractivity contribution in [1.82, 2.24) is 0 Å². The SMILES string of the molecule is c1ccc2c(c1)C1=C2OCC1. The molecule has 2 aliphatic rings. The van der Waals surface area contributed by atoms with Gasteiger partial charge in [-0.1, -0.05) is 24.3 Å². The predicted molar refractivity (Wildman–Crippen MR) is 43.8 cm³/mol. The standard InChI is InChI=1S/C10H8O/c1-2-4-8-7(3-1)9-5-6-11-10(8)9/h1-4H,5-6H2. The molecule has 3 rings (SSSR count). The summed E-state index contributed by atoms with van der Waals surface area (Å²) in [5.74, 6) is 1.15. The number of hydrogen-bond acceptors (Lipinski definition) is 1. The molecule has 11 heavy (non-hydrogen) atoms. The lowest BCUT2D eigenvalue weighted by atomic mass is 9.86. The van der Waals surface area contributed by atoms with Gasteiger partial charge in [0, 0.05) is 17.6 Å². The fourth-order valence-electron chi connectivity index (χ4n) is 1.83. The van der Waals surface area contributed by atoms with Crippen LogP contribution in [0.15, 0.2) is 24.3 Å². The Hall–Kier alpha value is -1.24. The Labute approximate surface area is 65.3 Å². The quantitative estimate of drug-likeness (QED) is 0.542. The van der Waals surface area contributed by atoms with E-state index in [1.807, 2.05) is 0 Å². The van der Waals surface area contributed by atoms with Gasteiger partial charge in [0.25, 0.3) is 0 Å². The van der Waals surface area contributed by atoms with E-state index in [2.05, 4.69) is 24.3 Å². The lowest BCUT2D eigenvalue weighted by Gasteiger charge is -2.19. The second kappa shape index (κ2) is 1.67. The number of ether oxygens (including phenoxy) is 1. The van der Waals surface area contributed by atoms with Crippen molar-refractivity contribution in [1.29, 1.82) is 0 Å². The summed E-state index contributed by atoms with van der Waals surface area (Å²) >= 11 is 0. The van der Waals surface area contributed by atoms with E-state index in [1.54, 1.807) is 0 Å². The summed E-state index contributed by atoms with van der Waals surface area (Å²) in [7, 11) is 0. The van der Waals surface area contributed by atoms with Gasteiger partial charge in [-0.05, 0) is 5.56 Å². The maximum absolute atomic E-state index is 5.46. The van der Waals surface area contributed by atoms with Crippen LogP contribution in [0, 0.1) is 0 Å². The first-order valence-electron chi connectivity index (χ1n) is 3.92. The highest BCUT2D eigenvalue weighted by Crippen LogP contribution is 2.46. The highest BCUT2D eigenvalue weighted by molar-refractivity contribution is 6.02. The molecule has 1 aliphatic heterocycles. The number of rotatable bonds is 0. The number of fused-ring (bicyclic) bond motifs is 3. The molecule has 1 nitrogen and oxygen atoms in total. The Morgan fingerprint density at radius 1 is 1.09 bits per heavy atom. The molecular formula is C10H8O. The first kappa shape index (κ1) is 5.42. The molecule has 0 saturated heterocycles. The average Bonchev–Trinajstić information content (AvgIpc) is 2.44. The van der Waals surface area contributed by atoms with Gasteiger partial charge in [-0.15, -0.1) is 0 Å². The average molecular weight is 144 g/mol. The Bertz CT molecular complexity index is 317. The molecule has 0 aromatic heterocycles. The minimum absolute atomic E-state index is 0.874. The van der Waals surface area contributed by atoms with Gasteiger partial charge in [0.2, 0.25) is 0 Å². The third-order valence-electron chi connectivity index (χ3n) is 2.37. The maximum Gasteiger partial charge on any atom is 0.131 e. The van der Waals surface area contributed by atoms with Gasteiger partial charge >= 0.3 is 0 Å². The largest absolute Gasteiger partial charge is 0.492 e. The molecule has 1 aromatic rings. The van der Waals surface area contributed by atoms with Gasteiger partial charge in [0.05, 0.1) is 6.61 Å². The molecule has 1 aromatic carbocycles. The first-order chi connectivity index (χ1) is 5.47. The molecule has 0 unspecified atom stereocenters. The molecule has 0 fully saturated rings. The van der Waals surface area contributed by atoms with Crippen LogP contribution in [-0.4, -0.2) is 6.61 Å². The van der Waals surface area contributed by atoms with Crippen LogP contribution in [-0.2, 0) is 4.74 Å². The van der Waals surface area contributed by atoms with E-state index in [1.165, 1.54) is 16.7 Å². The fourth-order valence-corrected chi connectivity index (χ4v) is 1.83. The van der Waals surface area contributed by atoms with E-state index in [4.69, 9.17) is 4.74 Å². The molecule has 0 atom stereocenters. The molecule has 1 aliphatic carbocycles. The van der Waals surface area contributed by atoms with Crippen molar-refractivity contribution >= 4 is 11.3 Å². The molecule has 0 radical (unpaired) electrons. The topological polar surface area (TPSA) is 9.23 Å². The minimum Gasteiger partial charge on any atom is -0.492 e. The zero-order valence-electron chi connectivity index (χ0n) is 6.13. The third-order valence-corrected chi connectivity index (χ3v) is 2.37. The predicted octanol–water partition coefficient (Wildman–Crippen LogP) is 2.29. The van der Waals surface area contributed by atoms with Gasteiger partial charge in [-0.3, -0.25) is 0 Å². The van der Waals surface area contributed by atoms with Crippen LogP contribution < -0.4 is 0 Å². The minimum atomic E-state index is 0.874. The van der Waals surface area contributed by atoms with Crippen molar-refractivity contribution < 1.29 is 4.74 Å². The summed E-state index contributed by atoms with van der Waals surface area (Å²) in [6, 6.07) is 8.44. The van der Waals surface area contributed by atoms with Crippen LogP contribution in [0.25, 0.3) is 11.3 Å². The molecule has 0 spiro atoms. The molecule has 1 heterocycles. The van der Waals surface area contributed by atoms with Crippen LogP contribution in [0.2, 0.25) is 0 Å². The lowest BCUT2D eigenvalue weighted by molar-refractivity contribution is 0.308. The molecule has 0 N–H and O–H groups in total. The Balaban J connectivity index is 2.21. The normalized spacial score (nSPS) is 18.5. The second-order valence-corrected chi connectivity index (χ2v) is 2.95. The summed E-state index contributed by atoms with van der Waals surface area (Å²) in [5, 5.41) is 0. The van der Waals surface area contributed by atoms with E-state index in [9.17, 15) is 0 Å². The van der Waals surface area contributed by atoms with Crippen LogP contribution in [0.1, 0.15) is 17.5 Å². The maximum atomic E-state index is 5.46. The molecule has 0 amide bonds. The zero-order chi connectivity index (χ0) is 7.26. The Kier molecular flexibility index (Phi) is 0.823. The lowest BCUT2D eigenvalue weighted by Crippen LogP contribution is -2.01. The zero-order valence-corrected chi connectivity index (χ0v) is 6.13. The van der Waals surface area contributed by atoms with Crippen molar-refractivity contribution in [2.24, 2.45) is 0 Å².